The predicted molar refractivity (Wildman–Crippen MR) is 85.5 cm³/mol. The predicted octanol–water partition coefficient (Wildman–Crippen LogP) is 2.96. The first-order chi connectivity index (χ1) is 9.20. The Balaban J connectivity index is 2.68. The van der Waals surface area contributed by atoms with Gasteiger partial charge in [-0.1, -0.05) is 27.7 Å². The van der Waals surface area contributed by atoms with E-state index in [9.17, 15) is 8.42 Å². The van der Waals surface area contributed by atoms with Gasteiger partial charge in [0.25, 0.3) is 0 Å². The number of rotatable bonds is 8. The lowest BCUT2D eigenvalue weighted by atomic mass is 10.1. The van der Waals surface area contributed by atoms with Crippen LogP contribution in [0.1, 0.15) is 46.6 Å². The third-order valence-corrected chi connectivity index (χ3v) is 5.87. The monoisotopic (exact) mass is 318 g/mol. The first-order valence-electron chi connectivity index (χ1n) is 7.04. The molecule has 1 atom stereocenters. The molecule has 0 radical (unpaired) electrons. The zero-order valence-electron chi connectivity index (χ0n) is 12.9. The molecule has 0 spiro atoms. The summed E-state index contributed by atoms with van der Waals surface area (Å²) in [6.45, 7) is 10.9. The molecule has 0 aliphatic rings. The van der Waals surface area contributed by atoms with Crippen molar-refractivity contribution in [2.45, 2.75) is 63.9 Å². The summed E-state index contributed by atoms with van der Waals surface area (Å²) in [5.41, 5.74) is 1.01. The van der Waals surface area contributed by atoms with E-state index in [0.717, 1.165) is 12.0 Å². The van der Waals surface area contributed by atoms with Gasteiger partial charge in [-0.2, -0.15) is 0 Å². The van der Waals surface area contributed by atoms with E-state index in [4.69, 9.17) is 0 Å². The van der Waals surface area contributed by atoms with Crippen LogP contribution in [0, 0.1) is 5.92 Å². The second kappa shape index (κ2) is 7.54. The lowest BCUT2D eigenvalue weighted by Crippen LogP contribution is -2.33. The molecule has 1 aromatic heterocycles. The molecule has 2 N–H and O–H groups in total. The molecule has 0 bridgehead atoms. The average molecular weight is 319 g/mol. The molecule has 0 saturated heterocycles. The van der Waals surface area contributed by atoms with Crippen LogP contribution in [0.4, 0.5) is 0 Å². The van der Waals surface area contributed by atoms with Crippen LogP contribution < -0.4 is 10.0 Å². The Morgan fingerprint density at radius 3 is 2.40 bits per heavy atom. The minimum absolute atomic E-state index is 0.0423. The molecule has 0 fully saturated rings. The van der Waals surface area contributed by atoms with Gasteiger partial charge < -0.3 is 5.32 Å². The molecule has 0 saturated carbocycles. The highest BCUT2D eigenvalue weighted by Gasteiger charge is 2.20. The quantitative estimate of drug-likeness (QED) is 0.775. The molecule has 1 unspecified atom stereocenters. The van der Waals surface area contributed by atoms with Crippen molar-refractivity contribution >= 4 is 21.4 Å². The van der Waals surface area contributed by atoms with Gasteiger partial charge >= 0.3 is 0 Å². The summed E-state index contributed by atoms with van der Waals surface area (Å²) in [6.07, 6.45) is 0.840. The highest BCUT2D eigenvalue weighted by molar-refractivity contribution is 7.91. The van der Waals surface area contributed by atoms with Crippen LogP contribution in [-0.2, 0) is 16.6 Å². The number of thiophene rings is 1. The van der Waals surface area contributed by atoms with E-state index in [-0.39, 0.29) is 6.04 Å². The molecule has 1 heterocycles. The van der Waals surface area contributed by atoms with Gasteiger partial charge in [-0.15, -0.1) is 11.3 Å². The Hall–Kier alpha value is -0.430. The summed E-state index contributed by atoms with van der Waals surface area (Å²) >= 11 is 1.28. The van der Waals surface area contributed by atoms with Gasteiger partial charge in [-0.25, -0.2) is 13.1 Å². The zero-order chi connectivity index (χ0) is 15.3. The Labute approximate surface area is 127 Å². The minimum Gasteiger partial charge on any atom is -0.310 e. The Kier molecular flexibility index (Phi) is 6.64. The van der Waals surface area contributed by atoms with Crippen molar-refractivity contribution in [1.29, 1.82) is 0 Å². The second-order valence-electron chi connectivity index (χ2n) is 5.96. The smallest absolute Gasteiger partial charge is 0.250 e. The summed E-state index contributed by atoms with van der Waals surface area (Å²) < 4.78 is 27.7. The fourth-order valence-corrected chi connectivity index (χ4v) is 4.47. The SMILES string of the molecule is CC(C)CC(C)NS(=O)(=O)c1cc(CNC(C)C)cs1. The number of sulfonamides is 1. The molecule has 0 amide bonds. The van der Waals surface area contributed by atoms with Crippen molar-refractivity contribution in [2.24, 2.45) is 5.92 Å². The first-order valence-corrected chi connectivity index (χ1v) is 9.40. The van der Waals surface area contributed by atoms with Crippen molar-refractivity contribution < 1.29 is 8.42 Å². The van der Waals surface area contributed by atoms with E-state index < -0.39 is 10.0 Å². The van der Waals surface area contributed by atoms with E-state index >= 15 is 0 Å². The lowest BCUT2D eigenvalue weighted by molar-refractivity contribution is 0.483. The standard InChI is InChI=1S/C14H26N2O2S2/c1-10(2)6-12(5)16-20(17,18)14-7-13(9-19-14)8-15-11(3)4/h7,9-12,15-16H,6,8H2,1-5H3. The molecule has 0 aromatic carbocycles. The van der Waals surface area contributed by atoms with Gasteiger partial charge in [0.15, 0.2) is 0 Å². The van der Waals surface area contributed by atoms with Crippen molar-refractivity contribution in [2.75, 3.05) is 0 Å². The normalized spacial score (nSPS) is 14.2. The number of hydrogen-bond acceptors (Lipinski definition) is 4. The van der Waals surface area contributed by atoms with Crippen LogP contribution in [0.2, 0.25) is 0 Å². The molecule has 0 aliphatic carbocycles. The van der Waals surface area contributed by atoms with E-state index in [0.29, 0.717) is 22.7 Å². The van der Waals surface area contributed by atoms with E-state index in [1.54, 1.807) is 6.07 Å². The summed E-state index contributed by atoms with van der Waals surface area (Å²) in [6, 6.07) is 2.10. The summed E-state index contributed by atoms with van der Waals surface area (Å²) in [5.74, 6) is 0.474. The number of nitrogens with one attached hydrogen (secondary N) is 2. The Bertz CT molecular complexity index is 507. The Morgan fingerprint density at radius 1 is 1.20 bits per heavy atom. The molecule has 4 nitrogen and oxygen atoms in total. The Morgan fingerprint density at radius 2 is 1.85 bits per heavy atom. The maximum absolute atomic E-state index is 12.3. The van der Waals surface area contributed by atoms with Gasteiger partial charge in [0.1, 0.15) is 4.21 Å². The van der Waals surface area contributed by atoms with Gasteiger partial charge in [-0.05, 0) is 36.3 Å². The topological polar surface area (TPSA) is 58.2 Å². The van der Waals surface area contributed by atoms with Gasteiger partial charge in [0.05, 0.1) is 0 Å². The largest absolute Gasteiger partial charge is 0.310 e. The lowest BCUT2D eigenvalue weighted by Gasteiger charge is -2.15. The van der Waals surface area contributed by atoms with Crippen LogP contribution in [0.25, 0.3) is 0 Å². The van der Waals surface area contributed by atoms with Crippen LogP contribution in [0.15, 0.2) is 15.7 Å². The molecule has 1 aromatic rings. The van der Waals surface area contributed by atoms with Crippen LogP contribution >= 0.6 is 11.3 Å². The van der Waals surface area contributed by atoms with Crippen molar-refractivity contribution in [3.8, 4) is 0 Å². The van der Waals surface area contributed by atoms with E-state index in [2.05, 4.69) is 37.7 Å². The van der Waals surface area contributed by atoms with Crippen LogP contribution in [0.5, 0.6) is 0 Å². The van der Waals surface area contributed by atoms with Crippen molar-refractivity contribution in [3.05, 3.63) is 17.0 Å². The van der Waals surface area contributed by atoms with Gasteiger partial charge in [0.2, 0.25) is 10.0 Å². The van der Waals surface area contributed by atoms with E-state index in [1.807, 2.05) is 12.3 Å². The zero-order valence-corrected chi connectivity index (χ0v) is 14.6. The van der Waals surface area contributed by atoms with Gasteiger partial charge in [0, 0.05) is 18.6 Å². The minimum atomic E-state index is -3.38. The highest BCUT2D eigenvalue weighted by atomic mass is 32.2. The summed E-state index contributed by atoms with van der Waals surface area (Å²) in [5, 5.41) is 5.18. The fourth-order valence-electron chi connectivity index (χ4n) is 1.99. The molecule has 116 valence electrons. The molecular formula is C14H26N2O2S2. The molecule has 6 heteroatoms. The third kappa shape index (κ3) is 5.91. The summed E-state index contributed by atoms with van der Waals surface area (Å²) in [7, 11) is -3.38. The molecular weight excluding hydrogens is 292 g/mol. The van der Waals surface area contributed by atoms with Crippen LogP contribution in [-0.4, -0.2) is 20.5 Å². The second-order valence-corrected chi connectivity index (χ2v) is 8.81. The highest BCUT2D eigenvalue weighted by Crippen LogP contribution is 2.21. The molecule has 1 rings (SSSR count). The van der Waals surface area contributed by atoms with E-state index in [1.165, 1.54) is 11.3 Å². The van der Waals surface area contributed by atoms with Gasteiger partial charge in [-0.3, -0.25) is 0 Å². The fraction of sp³-hybridized carbons (Fsp3) is 0.714. The third-order valence-electron chi connectivity index (χ3n) is 2.79. The summed E-state index contributed by atoms with van der Waals surface area (Å²) in [4.78, 5) is 0. The maximum Gasteiger partial charge on any atom is 0.250 e. The maximum atomic E-state index is 12.3. The average Bonchev–Trinajstić information content (AvgIpc) is 2.73. The van der Waals surface area contributed by atoms with Crippen molar-refractivity contribution in [3.63, 3.8) is 0 Å². The van der Waals surface area contributed by atoms with Crippen LogP contribution in [0.3, 0.4) is 0 Å². The molecule has 0 aliphatic heterocycles. The number of hydrogen-bond donors (Lipinski definition) is 2. The first kappa shape index (κ1) is 17.6. The molecule has 20 heavy (non-hydrogen) atoms. The van der Waals surface area contributed by atoms with Crippen molar-refractivity contribution in [1.82, 2.24) is 10.0 Å².